The Morgan fingerprint density at radius 1 is 1.50 bits per heavy atom. The lowest BCUT2D eigenvalue weighted by molar-refractivity contribution is 0.389. The summed E-state index contributed by atoms with van der Waals surface area (Å²) < 4.78 is 25.9. The fourth-order valence-electron chi connectivity index (χ4n) is 1.75. The van der Waals surface area contributed by atoms with Gasteiger partial charge >= 0.3 is 0 Å². The van der Waals surface area contributed by atoms with Crippen molar-refractivity contribution in [1.82, 2.24) is 14.1 Å². The third kappa shape index (κ3) is 1.55. The summed E-state index contributed by atoms with van der Waals surface area (Å²) in [5, 5.41) is 4.11. The number of aromatic nitrogens is 2. The Morgan fingerprint density at radius 2 is 2.21 bits per heavy atom. The van der Waals surface area contributed by atoms with Crippen LogP contribution in [0, 0.1) is 0 Å². The monoisotopic (exact) mass is 215 g/mol. The summed E-state index contributed by atoms with van der Waals surface area (Å²) in [6.45, 7) is 1.02. The number of hydrogen-bond donors (Lipinski definition) is 0. The Hall–Kier alpha value is -0.880. The van der Waals surface area contributed by atoms with Gasteiger partial charge in [-0.2, -0.15) is 9.40 Å². The molecule has 78 valence electrons. The lowest BCUT2D eigenvalue weighted by Crippen LogP contribution is -2.35. The van der Waals surface area contributed by atoms with E-state index < -0.39 is 10.0 Å². The lowest BCUT2D eigenvalue weighted by atomic mass is 10.1. The van der Waals surface area contributed by atoms with E-state index in [1.165, 1.54) is 10.6 Å². The summed E-state index contributed by atoms with van der Waals surface area (Å²) >= 11 is 0. The average Bonchev–Trinajstić information content (AvgIpc) is 2.46. The van der Waals surface area contributed by atoms with Crippen molar-refractivity contribution in [3.63, 3.8) is 0 Å². The Bertz CT molecular complexity index is 449. The smallest absolute Gasteiger partial charge is 0.211 e. The van der Waals surface area contributed by atoms with E-state index in [2.05, 4.69) is 5.10 Å². The van der Waals surface area contributed by atoms with Gasteiger partial charge in [-0.15, -0.1) is 0 Å². The maximum Gasteiger partial charge on any atom is 0.211 e. The van der Waals surface area contributed by atoms with Crippen LogP contribution in [0.3, 0.4) is 0 Å². The molecule has 0 radical (unpaired) electrons. The van der Waals surface area contributed by atoms with Crippen LogP contribution in [0.1, 0.15) is 11.3 Å². The first-order chi connectivity index (χ1) is 6.48. The third-order valence-electron chi connectivity index (χ3n) is 2.56. The molecule has 0 saturated carbocycles. The minimum atomic E-state index is -3.06. The summed E-state index contributed by atoms with van der Waals surface area (Å²) in [5.41, 5.74) is 2.16. The van der Waals surface area contributed by atoms with Gasteiger partial charge < -0.3 is 0 Å². The highest BCUT2D eigenvalue weighted by Crippen LogP contribution is 2.19. The van der Waals surface area contributed by atoms with Gasteiger partial charge in [0.2, 0.25) is 10.0 Å². The van der Waals surface area contributed by atoms with E-state index in [1.807, 2.05) is 11.7 Å². The number of nitrogens with zero attached hydrogens (tertiary/aromatic N) is 3. The molecule has 0 unspecified atom stereocenters. The quantitative estimate of drug-likeness (QED) is 0.648. The zero-order valence-corrected chi connectivity index (χ0v) is 9.08. The van der Waals surface area contributed by atoms with E-state index in [4.69, 9.17) is 0 Å². The Kier molecular flexibility index (Phi) is 2.11. The molecule has 1 aromatic rings. The van der Waals surface area contributed by atoms with E-state index in [-0.39, 0.29) is 0 Å². The second-order valence-electron chi connectivity index (χ2n) is 3.59. The van der Waals surface area contributed by atoms with Gasteiger partial charge in [-0.1, -0.05) is 0 Å². The maximum atomic E-state index is 11.3. The van der Waals surface area contributed by atoms with Crippen molar-refractivity contribution in [2.75, 3.05) is 12.8 Å². The van der Waals surface area contributed by atoms with E-state index in [9.17, 15) is 8.42 Å². The molecule has 1 aromatic heterocycles. The number of sulfonamides is 1. The van der Waals surface area contributed by atoms with Crippen molar-refractivity contribution in [1.29, 1.82) is 0 Å². The maximum absolute atomic E-state index is 11.3. The van der Waals surface area contributed by atoms with Crippen LogP contribution >= 0.6 is 0 Å². The van der Waals surface area contributed by atoms with Gasteiger partial charge in [0.15, 0.2) is 0 Å². The van der Waals surface area contributed by atoms with Crippen molar-refractivity contribution in [2.45, 2.75) is 13.0 Å². The first kappa shape index (κ1) is 9.67. The molecule has 2 heterocycles. The molecule has 2 rings (SSSR count). The van der Waals surface area contributed by atoms with Gasteiger partial charge in [0.05, 0.1) is 12.5 Å². The zero-order chi connectivity index (χ0) is 10.3. The van der Waals surface area contributed by atoms with E-state index >= 15 is 0 Å². The molecule has 0 atom stereocenters. The largest absolute Gasteiger partial charge is 0.272 e. The van der Waals surface area contributed by atoms with Crippen molar-refractivity contribution in [3.05, 3.63) is 17.5 Å². The highest BCUT2D eigenvalue weighted by atomic mass is 32.2. The molecule has 1 aliphatic rings. The van der Waals surface area contributed by atoms with Crippen LogP contribution in [0.2, 0.25) is 0 Å². The van der Waals surface area contributed by atoms with Crippen molar-refractivity contribution < 1.29 is 8.42 Å². The van der Waals surface area contributed by atoms with Gasteiger partial charge in [0.25, 0.3) is 0 Å². The summed E-state index contributed by atoms with van der Waals surface area (Å²) in [5.74, 6) is 0. The Labute approximate surface area is 83.4 Å². The second kappa shape index (κ2) is 3.06. The standard InChI is InChI=1S/C8H13N3O2S/c1-10-8-3-4-11(14(2,12)13)6-7(8)5-9-10/h5H,3-4,6H2,1-2H3. The summed E-state index contributed by atoms with van der Waals surface area (Å²) in [6.07, 6.45) is 3.74. The minimum absolute atomic E-state index is 0.460. The molecule has 0 aromatic carbocycles. The number of aryl methyl sites for hydroxylation is 1. The Morgan fingerprint density at radius 3 is 2.86 bits per heavy atom. The molecule has 0 aliphatic carbocycles. The van der Waals surface area contributed by atoms with Gasteiger partial charge in [0.1, 0.15) is 0 Å². The SMILES string of the molecule is Cn1ncc2c1CCN(S(C)(=O)=O)C2. The molecule has 5 nitrogen and oxygen atoms in total. The van der Waals surface area contributed by atoms with E-state index in [0.29, 0.717) is 13.1 Å². The first-order valence-corrected chi connectivity index (χ1v) is 6.28. The lowest BCUT2D eigenvalue weighted by Gasteiger charge is -2.24. The molecule has 0 spiro atoms. The van der Waals surface area contributed by atoms with Crippen molar-refractivity contribution in [3.8, 4) is 0 Å². The van der Waals surface area contributed by atoms with Crippen LogP contribution in [-0.4, -0.2) is 35.3 Å². The normalized spacial score (nSPS) is 18.1. The van der Waals surface area contributed by atoms with Crippen molar-refractivity contribution in [2.24, 2.45) is 7.05 Å². The highest BCUT2D eigenvalue weighted by Gasteiger charge is 2.24. The molecule has 6 heteroatoms. The molecule has 0 N–H and O–H groups in total. The van der Waals surface area contributed by atoms with E-state index in [1.54, 1.807) is 6.20 Å². The van der Waals surface area contributed by atoms with Crippen LogP contribution in [0.25, 0.3) is 0 Å². The fraction of sp³-hybridized carbons (Fsp3) is 0.625. The van der Waals surface area contributed by atoms with Crippen LogP contribution in [0.5, 0.6) is 0 Å². The number of rotatable bonds is 1. The number of hydrogen-bond acceptors (Lipinski definition) is 3. The van der Waals surface area contributed by atoms with Crippen LogP contribution in [0.15, 0.2) is 6.20 Å². The zero-order valence-electron chi connectivity index (χ0n) is 8.27. The average molecular weight is 215 g/mol. The van der Waals surface area contributed by atoms with Gasteiger partial charge in [-0.3, -0.25) is 4.68 Å². The van der Waals surface area contributed by atoms with Crippen LogP contribution < -0.4 is 0 Å². The minimum Gasteiger partial charge on any atom is -0.272 e. The molecule has 14 heavy (non-hydrogen) atoms. The molecule has 0 amide bonds. The van der Waals surface area contributed by atoms with Gasteiger partial charge in [0, 0.05) is 37.8 Å². The highest BCUT2D eigenvalue weighted by molar-refractivity contribution is 7.88. The van der Waals surface area contributed by atoms with Crippen molar-refractivity contribution >= 4 is 10.0 Å². The van der Waals surface area contributed by atoms with Crippen LogP contribution in [0.4, 0.5) is 0 Å². The van der Waals surface area contributed by atoms with E-state index in [0.717, 1.165) is 17.7 Å². The summed E-state index contributed by atoms with van der Waals surface area (Å²) in [7, 11) is -1.18. The van der Waals surface area contributed by atoms with Gasteiger partial charge in [-0.05, 0) is 0 Å². The summed E-state index contributed by atoms with van der Waals surface area (Å²) in [4.78, 5) is 0. The molecular weight excluding hydrogens is 202 g/mol. The fourth-order valence-corrected chi connectivity index (χ4v) is 2.54. The second-order valence-corrected chi connectivity index (χ2v) is 5.57. The third-order valence-corrected chi connectivity index (χ3v) is 3.81. The molecule has 0 bridgehead atoms. The predicted molar refractivity (Wildman–Crippen MR) is 52.2 cm³/mol. The number of fused-ring (bicyclic) bond motifs is 1. The molecular formula is C8H13N3O2S. The Balaban J connectivity index is 2.31. The molecule has 0 saturated heterocycles. The van der Waals surface area contributed by atoms with Crippen LogP contribution in [-0.2, 0) is 30.0 Å². The molecule has 1 aliphatic heterocycles. The molecule has 0 fully saturated rings. The van der Waals surface area contributed by atoms with Gasteiger partial charge in [-0.25, -0.2) is 8.42 Å². The predicted octanol–water partition coefficient (Wildman–Crippen LogP) is -0.262. The first-order valence-electron chi connectivity index (χ1n) is 4.43. The summed E-state index contributed by atoms with van der Waals surface area (Å²) in [6, 6.07) is 0. The topological polar surface area (TPSA) is 55.2 Å².